The van der Waals surface area contributed by atoms with Crippen LogP contribution in [0.4, 0.5) is 0 Å². The van der Waals surface area contributed by atoms with Crippen molar-refractivity contribution in [2.45, 2.75) is 10.8 Å². The number of thiophene rings is 1. The third-order valence-electron chi connectivity index (χ3n) is 3.09. The summed E-state index contributed by atoms with van der Waals surface area (Å²) in [6, 6.07) is 13.1. The molecule has 21 heavy (non-hydrogen) atoms. The molecule has 0 N–H and O–H groups in total. The number of nitrogens with zero attached hydrogens (tertiary/aromatic N) is 2. The van der Waals surface area contributed by atoms with Crippen LogP contribution >= 0.6 is 11.3 Å². The number of rotatable bonds is 7. The molecule has 0 unspecified atom stereocenters. The van der Waals surface area contributed by atoms with Gasteiger partial charge in [0.15, 0.2) is 0 Å². The molecule has 0 spiro atoms. The van der Waals surface area contributed by atoms with Crippen LogP contribution in [0.3, 0.4) is 0 Å². The highest BCUT2D eigenvalue weighted by atomic mass is 32.2. The van der Waals surface area contributed by atoms with Gasteiger partial charge in [-0.1, -0.05) is 36.4 Å². The maximum Gasteiger partial charge on any atom is 0.252 e. The molecule has 2 rings (SSSR count). The molecule has 0 saturated carbocycles. The number of hydrogen-bond donors (Lipinski definition) is 0. The van der Waals surface area contributed by atoms with Crippen molar-refractivity contribution in [2.75, 3.05) is 27.2 Å². The van der Waals surface area contributed by atoms with E-state index >= 15 is 0 Å². The Hall–Kier alpha value is -1.21. The Bertz CT molecular complexity index is 638. The highest BCUT2D eigenvalue weighted by molar-refractivity contribution is 7.91. The quantitative estimate of drug-likeness (QED) is 0.786. The van der Waals surface area contributed by atoms with Crippen LogP contribution in [-0.4, -0.2) is 44.8 Å². The van der Waals surface area contributed by atoms with Crippen LogP contribution in [0, 0.1) is 0 Å². The number of benzene rings is 1. The maximum absolute atomic E-state index is 12.7. The fourth-order valence-corrected chi connectivity index (χ4v) is 4.48. The normalized spacial score (nSPS) is 12.2. The zero-order valence-electron chi connectivity index (χ0n) is 12.3. The smallest absolute Gasteiger partial charge is 0.252 e. The second kappa shape index (κ2) is 7.17. The van der Waals surface area contributed by atoms with Crippen molar-refractivity contribution in [3.05, 3.63) is 53.4 Å². The summed E-state index contributed by atoms with van der Waals surface area (Å²) >= 11 is 1.26. The Balaban J connectivity index is 2.23. The van der Waals surface area contributed by atoms with E-state index in [1.807, 2.05) is 49.3 Å². The average Bonchev–Trinajstić information content (AvgIpc) is 2.99. The van der Waals surface area contributed by atoms with Gasteiger partial charge in [-0.3, -0.25) is 0 Å². The molecular weight excluding hydrogens is 304 g/mol. The van der Waals surface area contributed by atoms with E-state index in [9.17, 15) is 8.42 Å². The Morgan fingerprint density at radius 3 is 2.29 bits per heavy atom. The van der Waals surface area contributed by atoms with Crippen molar-refractivity contribution in [2.24, 2.45) is 0 Å². The third kappa shape index (κ3) is 4.38. The molecule has 0 bridgehead atoms. The van der Waals surface area contributed by atoms with Crippen molar-refractivity contribution in [3.8, 4) is 0 Å². The molecule has 0 radical (unpaired) electrons. The molecule has 0 aliphatic carbocycles. The van der Waals surface area contributed by atoms with Gasteiger partial charge in [0, 0.05) is 19.6 Å². The molecule has 1 aromatic carbocycles. The van der Waals surface area contributed by atoms with Gasteiger partial charge in [-0.2, -0.15) is 4.31 Å². The van der Waals surface area contributed by atoms with Crippen LogP contribution in [0.1, 0.15) is 5.56 Å². The maximum atomic E-state index is 12.7. The first-order chi connectivity index (χ1) is 10.00. The zero-order chi connectivity index (χ0) is 15.3. The van der Waals surface area contributed by atoms with E-state index in [1.165, 1.54) is 11.3 Å². The van der Waals surface area contributed by atoms with Gasteiger partial charge in [0.1, 0.15) is 4.21 Å². The largest absolute Gasteiger partial charge is 0.308 e. The minimum Gasteiger partial charge on any atom is -0.308 e. The zero-order valence-corrected chi connectivity index (χ0v) is 13.9. The molecule has 114 valence electrons. The second-order valence-electron chi connectivity index (χ2n) is 5.06. The summed E-state index contributed by atoms with van der Waals surface area (Å²) in [6.07, 6.45) is 0. The van der Waals surface area contributed by atoms with E-state index < -0.39 is 10.0 Å². The van der Waals surface area contributed by atoms with E-state index in [2.05, 4.69) is 0 Å². The fourth-order valence-electron chi connectivity index (χ4n) is 1.92. The highest BCUT2D eigenvalue weighted by Gasteiger charge is 2.25. The Labute approximate surface area is 130 Å². The van der Waals surface area contributed by atoms with Gasteiger partial charge < -0.3 is 4.90 Å². The van der Waals surface area contributed by atoms with Crippen molar-refractivity contribution >= 4 is 21.4 Å². The van der Waals surface area contributed by atoms with Crippen molar-refractivity contribution in [1.29, 1.82) is 0 Å². The van der Waals surface area contributed by atoms with Crippen LogP contribution in [0.25, 0.3) is 0 Å². The minimum atomic E-state index is -3.43. The third-order valence-corrected chi connectivity index (χ3v) is 6.31. The van der Waals surface area contributed by atoms with Gasteiger partial charge >= 0.3 is 0 Å². The number of sulfonamides is 1. The summed E-state index contributed by atoms with van der Waals surface area (Å²) in [4.78, 5) is 1.99. The van der Waals surface area contributed by atoms with Gasteiger partial charge in [-0.25, -0.2) is 8.42 Å². The lowest BCUT2D eigenvalue weighted by molar-refractivity contribution is 0.330. The van der Waals surface area contributed by atoms with Crippen LogP contribution < -0.4 is 0 Å². The van der Waals surface area contributed by atoms with Gasteiger partial charge in [0.2, 0.25) is 0 Å². The summed E-state index contributed by atoms with van der Waals surface area (Å²) in [5, 5.41) is 1.79. The van der Waals surface area contributed by atoms with Crippen molar-refractivity contribution in [1.82, 2.24) is 9.21 Å². The highest BCUT2D eigenvalue weighted by Crippen LogP contribution is 2.22. The monoisotopic (exact) mass is 324 g/mol. The topological polar surface area (TPSA) is 40.6 Å². The van der Waals surface area contributed by atoms with E-state index in [4.69, 9.17) is 0 Å². The predicted molar refractivity (Wildman–Crippen MR) is 86.9 cm³/mol. The molecule has 0 saturated heterocycles. The lowest BCUT2D eigenvalue weighted by Crippen LogP contribution is -2.35. The first-order valence-corrected chi connectivity index (χ1v) is 9.04. The second-order valence-corrected chi connectivity index (χ2v) is 8.17. The average molecular weight is 324 g/mol. The summed E-state index contributed by atoms with van der Waals surface area (Å²) in [6.45, 7) is 1.56. The van der Waals surface area contributed by atoms with Crippen LogP contribution in [-0.2, 0) is 16.6 Å². The number of hydrogen-bond acceptors (Lipinski definition) is 4. The number of likely N-dealkylation sites (N-methyl/N-ethyl adjacent to an activating group) is 1. The van der Waals surface area contributed by atoms with E-state index in [-0.39, 0.29) is 0 Å². The predicted octanol–water partition coefficient (Wildman–Crippen LogP) is 2.50. The van der Waals surface area contributed by atoms with Gasteiger partial charge in [-0.15, -0.1) is 11.3 Å². The van der Waals surface area contributed by atoms with Crippen LogP contribution in [0.15, 0.2) is 52.1 Å². The molecule has 0 atom stereocenters. The molecule has 0 aliphatic heterocycles. The van der Waals surface area contributed by atoms with Crippen molar-refractivity contribution < 1.29 is 8.42 Å². The van der Waals surface area contributed by atoms with Gasteiger partial charge in [0.25, 0.3) is 10.0 Å². The SMILES string of the molecule is CN(C)CCN(Cc1ccccc1)S(=O)(=O)c1cccs1. The molecule has 1 aromatic heterocycles. The molecule has 0 fully saturated rings. The fraction of sp³-hybridized carbons (Fsp3) is 0.333. The first-order valence-electron chi connectivity index (χ1n) is 6.72. The molecule has 0 aliphatic rings. The summed E-state index contributed by atoms with van der Waals surface area (Å²) in [5.41, 5.74) is 0.997. The standard InChI is InChI=1S/C15H20N2O2S2/c1-16(2)10-11-17(13-14-7-4-3-5-8-14)21(18,19)15-9-6-12-20-15/h3-9,12H,10-11,13H2,1-2H3. The Morgan fingerprint density at radius 2 is 1.71 bits per heavy atom. The molecule has 6 heteroatoms. The molecular formula is C15H20N2O2S2. The van der Waals surface area contributed by atoms with E-state index in [0.29, 0.717) is 23.8 Å². The summed E-state index contributed by atoms with van der Waals surface area (Å²) < 4.78 is 27.4. The first kappa shape index (κ1) is 16.2. The Morgan fingerprint density at radius 1 is 1.00 bits per heavy atom. The van der Waals surface area contributed by atoms with Crippen molar-refractivity contribution in [3.63, 3.8) is 0 Å². The minimum absolute atomic E-state index is 0.398. The lowest BCUT2D eigenvalue weighted by Gasteiger charge is -2.23. The molecule has 4 nitrogen and oxygen atoms in total. The molecule has 0 amide bonds. The molecule has 1 heterocycles. The van der Waals surface area contributed by atoms with Gasteiger partial charge in [-0.05, 0) is 31.1 Å². The van der Waals surface area contributed by atoms with E-state index in [0.717, 1.165) is 5.56 Å². The van der Waals surface area contributed by atoms with Crippen LogP contribution in [0.5, 0.6) is 0 Å². The Kier molecular flexibility index (Phi) is 5.52. The van der Waals surface area contributed by atoms with Gasteiger partial charge in [0.05, 0.1) is 0 Å². The van der Waals surface area contributed by atoms with E-state index in [1.54, 1.807) is 21.8 Å². The van der Waals surface area contributed by atoms with Crippen LogP contribution in [0.2, 0.25) is 0 Å². The molecule has 2 aromatic rings. The summed E-state index contributed by atoms with van der Waals surface area (Å²) in [7, 11) is 0.459. The summed E-state index contributed by atoms with van der Waals surface area (Å²) in [5.74, 6) is 0. The lowest BCUT2D eigenvalue weighted by atomic mass is 10.2.